The number of rotatable bonds is 5. The number of aliphatic hydroxyl groups excluding tert-OH is 1. The summed E-state index contributed by atoms with van der Waals surface area (Å²) in [6.07, 6.45) is 5.38. The second-order valence-electron chi connectivity index (χ2n) is 6.17. The molecule has 0 unspecified atom stereocenters. The molecule has 1 aliphatic carbocycles. The van der Waals surface area contributed by atoms with Crippen molar-refractivity contribution in [3.63, 3.8) is 0 Å². The van der Waals surface area contributed by atoms with Gasteiger partial charge in [0.15, 0.2) is 0 Å². The largest absolute Gasteiger partial charge is 0.393 e. The molecule has 2 heterocycles. The van der Waals surface area contributed by atoms with Gasteiger partial charge in [-0.05, 0) is 56.8 Å². The molecule has 1 aliphatic heterocycles. The summed E-state index contributed by atoms with van der Waals surface area (Å²) in [6.45, 7) is 2.51. The number of carbonyl (C=O) groups excluding carboxylic acids is 1. The summed E-state index contributed by atoms with van der Waals surface area (Å²) in [5.74, 6) is 0.353. The molecule has 0 bridgehead atoms. The van der Waals surface area contributed by atoms with Crippen LogP contribution in [0.5, 0.6) is 0 Å². The van der Waals surface area contributed by atoms with Crippen LogP contribution in [0.1, 0.15) is 37.4 Å². The molecule has 1 saturated carbocycles. The van der Waals surface area contributed by atoms with Crippen molar-refractivity contribution >= 4 is 5.91 Å². The van der Waals surface area contributed by atoms with Crippen LogP contribution in [-0.2, 0) is 4.79 Å². The highest BCUT2D eigenvalue weighted by molar-refractivity contribution is 5.78. The Morgan fingerprint density at radius 2 is 2.14 bits per heavy atom. The number of amides is 1. The molecule has 2 fully saturated rings. The molecule has 2 N–H and O–H groups in total. The first-order valence-electron chi connectivity index (χ1n) is 7.83. The maximum atomic E-state index is 12.3. The van der Waals surface area contributed by atoms with Gasteiger partial charge in [0, 0.05) is 6.20 Å². The Balaban J connectivity index is 1.63. The SMILES string of the molecule is O=C(CN1CCCC1)N[C@@H](c1ccccn1)C1CC(O)C1. The van der Waals surface area contributed by atoms with E-state index >= 15 is 0 Å². The summed E-state index contributed by atoms with van der Waals surface area (Å²) in [5.41, 5.74) is 0.893. The minimum Gasteiger partial charge on any atom is -0.393 e. The number of hydrogen-bond donors (Lipinski definition) is 2. The van der Waals surface area contributed by atoms with Gasteiger partial charge in [0.05, 0.1) is 24.4 Å². The highest BCUT2D eigenvalue weighted by atomic mass is 16.3. The molecular formula is C16H23N3O2. The fourth-order valence-electron chi connectivity index (χ4n) is 3.26. The topological polar surface area (TPSA) is 65.5 Å². The molecule has 1 aromatic heterocycles. The highest BCUT2D eigenvalue weighted by Gasteiger charge is 2.36. The quantitative estimate of drug-likeness (QED) is 0.852. The van der Waals surface area contributed by atoms with Gasteiger partial charge in [-0.2, -0.15) is 0 Å². The van der Waals surface area contributed by atoms with Gasteiger partial charge < -0.3 is 10.4 Å². The maximum Gasteiger partial charge on any atom is 0.234 e. The molecule has 0 aromatic carbocycles. The van der Waals surface area contributed by atoms with Gasteiger partial charge in [0.25, 0.3) is 0 Å². The molecule has 0 spiro atoms. The molecule has 5 heteroatoms. The van der Waals surface area contributed by atoms with Crippen molar-refractivity contribution in [2.75, 3.05) is 19.6 Å². The summed E-state index contributed by atoms with van der Waals surface area (Å²) in [4.78, 5) is 18.8. The van der Waals surface area contributed by atoms with E-state index in [1.807, 2.05) is 18.2 Å². The van der Waals surface area contributed by atoms with Crippen LogP contribution in [0.4, 0.5) is 0 Å². The summed E-state index contributed by atoms with van der Waals surface area (Å²) >= 11 is 0. The molecule has 3 rings (SSSR count). The first-order valence-corrected chi connectivity index (χ1v) is 7.83. The lowest BCUT2D eigenvalue weighted by Crippen LogP contribution is -2.44. The third-order valence-corrected chi connectivity index (χ3v) is 4.51. The van der Waals surface area contributed by atoms with E-state index in [9.17, 15) is 9.90 Å². The van der Waals surface area contributed by atoms with Crippen LogP contribution in [0.25, 0.3) is 0 Å². The van der Waals surface area contributed by atoms with Gasteiger partial charge >= 0.3 is 0 Å². The van der Waals surface area contributed by atoms with E-state index in [-0.39, 0.29) is 24.0 Å². The predicted molar refractivity (Wildman–Crippen MR) is 79.5 cm³/mol. The number of carbonyl (C=O) groups is 1. The smallest absolute Gasteiger partial charge is 0.234 e. The number of hydrogen-bond acceptors (Lipinski definition) is 4. The zero-order chi connectivity index (χ0) is 14.7. The van der Waals surface area contributed by atoms with E-state index in [2.05, 4.69) is 15.2 Å². The summed E-state index contributed by atoms with van der Waals surface area (Å²) in [5, 5.41) is 12.7. The van der Waals surface area contributed by atoms with Crippen molar-refractivity contribution in [1.82, 2.24) is 15.2 Å². The number of nitrogens with zero attached hydrogens (tertiary/aromatic N) is 2. The van der Waals surface area contributed by atoms with Crippen LogP contribution >= 0.6 is 0 Å². The zero-order valence-corrected chi connectivity index (χ0v) is 12.2. The Bertz CT molecular complexity index is 468. The average Bonchev–Trinajstić information content (AvgIpc) is 2.95. The van der Waals surface area contributed by atoms with Crippen LogP contribution in [0.3, 0.4) is 0 Å². The Hall–Kier alpha value is -1.46. The molecule has 21 heavy (non-hydrogen) atoms. The van der Waals surface area contributed by atoms with E-state index in [0.29, 0.717) is 6.54 Å². The van der Waals surface area contributed by atoms with Crippen molar-refractivity contribution in [2.24, 2.45) is 5.92 Å². The lowest BCUT2D eigenvalue weighted by Gasteiger charge is -2.38. The maximum absolute atomic E-state index is 12.3. The fourth-order valence-corrected chi connectivity index (χ4v) is 3.26. The van der Waals surface area contributed by atoms with Gasteiger partial charge in [-0.1, -0.05) is 6.07 Å². The summed E-state index contributed by atoms with van der Waals surface area (Å²) in [6, 6.07) is 5.69. The number of pyridine rings is 1. The van der Waals surface area contributed by atoms with E-state index in [1.54, 1.807) is 6.20 Å². The highest BCUT2D eigenvalue weighted by Crippen LogP contribution is 2.37. The van der Waals surface area contributed by atoms with Gasteiger partial charge in [0.1, 0.15) is 0 Å². The third kappa shape index (κ3) is 3.60. The van der Waals surface area contributed by atoms with Crippen LogP contribution < -0.4 is 5.32 Å². The van der Waals surface area contributed by atoms with E-state index < -0.39 is 0 Å². The summed E-state index contributed by atoms with van der Waals surface area (Å²) in [7, 11) is 0. The minimum atomic E-state index is -0.225. The van der Waals surface area contributed by atoms with Crippen molar-refractivity contribution in [2.45, 2.75) is 37.8 Å². The molecule has 0 radical (unpaired) electrons. The predicted octanol–water partition coefficient (Wildman–Crippen LogP) is 1.11. The molecular weight excluding hydrogens is 266 g/mol. The number of aliphatic hydroxyl groups is 1. The van der Waals surface area contributed by atoms with Crippen LogP contribution in [-0.4, -0.2) is 46.6 Å². The number of nitrogens with one attached hydrogen (secondary N) is 1. The zero-order valence-electron chi connectivity index (χ0n) is 12.2. The van der Waals surface area contributed by atoms with Crippen molar-refractivity contribution in [3.8, 4) is 0 Å². The molecule has 1 atom stereocenters. The lowest BCUT2D eigenvalue weighted by molar-refractivity contribution is -0.124. The van der Waals surface area contributed by atoms with Crippen molar-refractivity contribution < 1.29 is 9.90 Å². The van der Waals surface area contributed by atoms with Crippen LogP contribution in [0.15, 0.2) is 24.4 Å². The number of likely N-dealkylation sites (tertiary alicyclic amines) is 1. The minimum absolute atomic E-state index is 0.0638. The molecule has 5 nitrogen and oxygen atoms in total. The first kappa shape index (κ1) is 14.5. The van der Waals surface area contributed by atoms with Crippen molar-refractivity contribution in [1.29, 1.82) is 0 Å². The molecule has 1 amide bonds. The third-order valence-electron chi connectivity index (χ3n) is 4.51. The number of aromatic nitrogens is 1. The second-order valence-corrected chi connectivity index (χ2v) is 6.17. The standard InChI is InChI=1S/C16H23N3O2/c20-13-9-12(10-13)16(14-5-1-2-6-17-14)18-15(21)11-19-7-3-4-8-19/h1-2,5-6,12-13,16,20H,3-4,7-11H2,(H,18,21)/t12?,13?,16-/m1/s1. The molecule has 1 aromatic rings. The second kappa shape index (κ2) is 6.54. The lowest BCUT2D eigenvalue weighted by atomic mass is 9.76. The van der Waals surface area contributed by atoms with Crippen molar-refractivity contribution in [3.05, 3.63) is 30.1 Å². The fraction of sp³-hybridized carbons (Fsp3) is 0.625. The van der Waals surface area contributed by atoms with Gasteiger partial charge in [-0.3, -0.25) is 14.7 Å². The Morgan fingerprint density at radius 1 is 1.38 bits per heavy atom. The Labute approximate surface area is 125 Å². The molecule has 2 aliphatic rings. The van der Waals surface area contributed by atoms with E-state index in [0.717, 1.165) is 31.6 Å². The molecule has 1 saturated heterocycles. The molecule has 114 valence electrons. The monoisotopic (exact) mass is 289 g/mol. The summed E-state index contributed by atoms with van der Waals surface area (Å²) < 4.78 is 0. The Morgan fingerprint density at radius 3 is 2.76 bits per heavy atom. The average molecular weight is 289 g/mol. The first-order chi connectivity index (χ1) is 10.2. The van der Waals surface area contributed by atoms with E-state index in [1.165, 1.54) is 12.8 Å². The van der Waals surface area contributed by atoms with Gasteiger partial charge in [0.2, 0.25) is 5.91 Å². The van der Waals surface area contributed by atoms with Gasteiger partial charge in [-0.15, -0.1) is 0 Å². The normalized spacial score (nSPS) is 27.1. The van der Waals surface area contributed by atoms with Gasteiger partial charge in [-0.25, -0.2) is 0 Å². The van der Waals surface area contributed by atoms with Crippen LogP contribution in [0.2, 0.25) is 0 Å². The van der Waals surface area contributed by atoms with E-state index in [4.69, 9.17) is 0 Å². The Kier molecular flexibility index (Phi) is 4.51. The van der Waals surface area contributed by atoms with Crippen LogP contribution in [0, 0.1) is 5.92 Å².